The van der Waals surface area contributed by atoms with Crippen molar-refractivity contribution >= 4 is 35.3 Å². The number of nitrogens with one attached hydrogen (secondary N) is 1. The number of pyridine rings is 2. The lowest BCUT2D eigenvalue weighted by molar-refractivity contribution is -0.179. The highest BCUT2D eigenvalue weighted by Crippen LogP contribution is 2.53. The van der Waals surface area contributed by atoms with E-state index in [0.717, 1.165) is 12.8 Å². The number of nitrogens with two attached hydrogens (primary N) is 2. The summed E-state index contributed by atoms with van der Waals surface area (Å²) in [5, 5.41) is 15.1. The van der Waals surface area contributed by atoms with Gasteiger partial charge in [-0.05, 0) is 51.0 Å². The summed E-state index contributed by atoms with van der Waals surface area (Å²) in [6, 6.07) is 5.71. The Hall–Kier alpha value is -4.63. The fourth-order valence-corrected chi connectivity index (χ4v) is 6.31. The Morgan fingerprint density at radius 2 is 2.02 bits per heavy atom. The average Bonchev–Trinajstić information content (AvgIpc) is 3.81. The van der Waals surface area contributed by atoms with Crippen molar-refractivity contribution in [1.82, 2.24) is 15.3 Å². The van der Waals surface area contributed by atoms with Crippen LogP contribution >= 0.6 is 11.6 Å². The second-order valence-electron chi connectivity index (χ2n) is 13.1. The lowest BCUT2D eigenvalue weighted by Crippen LogP contribution is -2.54. The number of ether oxygens (including phenoxy) is 3. The highest BCUT2D eigenvalue weighted by molar-refractivity contribution is 6.34. The van der Waals surface area contributed by atoms with Crippen LogP contribution < -0.4 is 31.0 Å². The molecule has 0 radical (unpaired) electrons. The molecular weight excluding hydrogens is 681 g/mol. The molecule has 1 unspecified atom stereocenters. The number of hydrogen-bond donors (Lipinski definition) is 4. The maximum absolute atomic E-state index is 14.4. The number of aliphatic hydroxyl groups is 1. The molecule has 2 aromatic heterocycles. The van der Waals surface area contributed by atoms with Crippen LogP contribution in [0.2, 0.25) is 5.02 Å². The Morgan fingerprint density at radius 3 is 2.64 bits per heavy atom. The van der Waals surface area contributed by atoms with Crippen molar-refractivity contribution in [3.05, 3.63) is 57.9 Å². The number of hydrogen-bond acceptors (Lipinski definition) is 10. The fraction of sp³-hybridized carbons (Fsp3) is 0.441. The van der Waals surface area contributed by atoms with Crippen LogP contribution in [0.4, 0.5) is 18.9 Å². The monoisotopic (exact) mass is 716 g/mol. The molecule has 3 aliphatic rings. The van der Waals surface area contributed by atoms with E-state index in [-0.39, 0.29) is 74.4 Å². The van der Waals surface area contributed by atoms with Crippen molar-refractivity contribution in [3.8, 4) is 28.6 Å². The molecule has 0 spiro atoms. The largest absolute Gasteiger partial charge is 0.489 e. The van der Waals surface area contributed by atoms with Crippen LogP contribution in [0.3, 0.4) is 0 Å². The number of halogens is 4. The van der Waals surface area contributed by atoms with Gasteiger partial charge in [0.1, 0.15) is 39.8 Å². The Labute approximate surface area is 290 Å². The number of aromatic nitrogens is 2. The average molecular weight is 717 g/mol. The first-order chi connectivity index (χ1) is 23.6. The molecule has 12 nitrogen and oxygen atoms in total. The third kappa shape index (κ3) is 6.51. The van der Waals surface area contributed by atoms with Gasteiger partial charge in [-0.25, -0.2) is 23.1 Å². The molecule has 2 saturated carbocycles. The van der Waals surface area contributed by atoms with E-state index >= 15 is 0 Å². The van der Waals surface area contributed by atoms with Gasteiger partial charge in [0.25, 0.3) is 5.91 Å². The third-order valence-electron chi connectivity index (χ3n) is 9.32. The van der Waals surface area contributed by atoms with Gasteiger partial charge in [-0.15, -0.1) is 0 Å². The first-order valence-corrected chi connectivity index (χ1v) is 16.3. The van der Waals surface area contributed by atoms with Crippen molar-refractivity contribution in [2.75, 3.05) is 26.0 Å². The summed E-state index contributed by atoms with van der Waals surface area (Å²) in [5.41, 5.74) is 9.36. The highest BCUT2D eigenvalue weighted by atomic mass is 35.5. The summed E-state index contributed by atoms with van der Waals surface area (Å²) in [4.78, 5) is 39.0. The van der Waals surface area contributed by atoms with Crippen molar-refractivity contribution in [2.24, 2.45) is 16.6 Å². The van der Waals surface area contributed by atoms with Crippen molar-refractivity contribution < 1.29 is 42.1 Å². The number of amides is 2. The topological polar surface area (TPSA) is 184 Å². The van der Waals surface area contributed by atoms with Crippen molar-refractivity contribution in [1.29, 1.82) is 0 Å². The Balaban J connectivity index is 1.43. The maximum Gasteiger partial charge on any atom is 0.251 e. The molecule has 6 N–H and O–H groups in total. The number of nitrogen functional groups attached to an aromatic ring is 1. The molecule has 2 amide bonds. The van der Waals surface area contributed by atoms with Gasteiger partial charge in [0.15, 0.2) is 6.30 Å². The van der Waals surface area contributed by atoms with E-state index < -0.39 is 60.4 Å². The van der Waals surface area contributed by atoms with Gasteiger partial charge in [-0.3, -0.25) is 14.6 Å². The number of anilines is 1. The predicted molar refractivity (Wildman–Crippen MR) is 178 cm³/mol. The third-order valence-corrected chi connectivity index (χ3v) is 9.69. The normalized spacial score (nSPS) is 21.4. The molecule has 3 heterocycles. The number of benzene rings is 1. The highest BCUT2D eigenvalue weighted by Gasteiger charge is 2.57. The van der Waals surface area contributed by atoms with Crippen LogP contribution in [-0.4, -0.2) is 71.7 Å². The quantitative estimate of drug-likeness (QED) is 0.119. The van der Waals surface area contributed by atoms with E-state index in [1.54, 1.807) is 6.92 Å². The van der Waals surface area contributed by atoms with Crippen LogP contribution in [0.5, 0.6) is 17.4 Å². The lowest BCUT2D eigenvalue weighted by atomic mass is 9.68. The molecule has 266 valence electrons. The van der Waals surface area contributed by atoms with Crippen LogP contribution in [0.1, 0.15) is 66.7 Å². The maximum atomic E-state index is 14.4. The van der Waals surface area contributed by atoms with Gasteiger partial charge in [-0.1, -0.05) is 11.6 Å². The minimum atomic E-state index is -3.07. The van der Waals surface area contributed by atoms with Gasteiger partial charge < -0.3 is 36.1 Å². The molecule has 2 fully saturated rings. The molecule has 50 heavy (non-hydrogen) atoms. The zero-order valence-corrected chi connectivity index (χ0v) is 28.2. The first kappa shape index (κ1) is 35.2. The minimum absolute atomic E-state index is 0.0390. The molecule has 2 aliphatic carbocycles. The van der Waals surface area contributed by atoms with Crippen molar-refractivity contribution in [2.45, 2.75) is 68.9 Å². The number of nitrogens with zero attached hydrogens (tertiary/aromatic N) is 3. The second kappa shape index (κ2) is 12.9. The standard InChI is InChI=1S/C34H36ClF3N6O6/c1-16(36)42-13-18-8-17(9-23(26(18)39)50-20-4-5-20)29(45)43-14-34(47,19-11-33(37,38)12-19)24-10-22-28(49-15-32(22,2)31(40)46)27(44-24)21-6-7-41-30(48-3)25(21)35/h6-10,13,16,19-20,47H,4-5,11-12,14-15,39H2,1-3H3,(H2,40,46)(H,43,45)/b42-13+/t16?,32-,34+/m0/s1. The number of rotatable bonds is 12. The number of carbonyl (C=O) groups excluding carboxylic acids is 2. The van der Waals surface area contributed by atoms with E-state index in [4.69, 9.17) is 37.3 Å². The molecular formula is C34H36ClF3N6O6. The van der Waals surface area contributed by atoms with Crippen LogP contribution in [0, 0.1) is 5.92 Å². The molecule has 16 heteroatoms. The zero-order valence-electron chi connectivity index (χ0n) is 27.4. The van der Waals surface area contributed by atoms with Gasteiger partial charge >= 0.3 is 0 Å². The molecule has 6 rings (SSSR count). The predicted octanol–water partition coefficient (Wildman–Crippen LogP) is 4.46. The number of carbonyl (C=O) groups is 2. The van der Waals surface area contributed by atoms with E-state index in [9.17, 15) is 27.9 Å². The minimum Gasteiger partial charge on any atom is -0.489 e. The van der Waals surface area contributed by atoms with E-state index in [1.165, 1.54) is 50.7 Å². The SMILES string of the molecule is COc1nccc(-c2nc([C@@](O)(CNC(=O)c3cc(/C=N/C(C)F)c(N)c(OC4CC4)c3)C3CC(F)(F)C3)cc3c2OC[C@]3(C)C(N)=O)c1Cl. The van der Waals surface area contributed by atoms with Gasteiger partial charge in [0, 0.05) is 53.4 Å². The molecule has 1 aliphatic heterocycles. The van der Waals surface area contributed by atoms with Crippen molar-refractivity contribution in [3.63, 3.8) is 0 Å². The summed E-state index contributed by atoms with van der Waals surface area (Å²) in [6.07, 6.45) is 1.16. The smallest absolute Gasteiger partial charge is 0.251 e. The number of fused-ring (bicyclic) bond motifs is 1. The van der Waals surface area contributed by atoms with Crippen LogP contribution in [-0.2, 0) is 15.8 Å². The number of methoxy groups -OCH3 is 1. The molecule has 3 atom stereocenters. The molecule has 0 bridgehead atoms. The summed E-state index contributed by atoms with van der Waals surface area (Å²) in [5.74, 6) is -5.19. The lowest BCUT2D eigenvalue weighted by Gasteiger charge is -2.45. The zero-order chi connectivity index (χ0) is 36.2. The molecule has 0 saturated heterocycles. The van der Waals surface area contributed by atoms with E-state index in [0.29, 0.717) is 0 Å². The Kier molecular flexibility index (Phi) is 9.10. The van der Waals surface area contributed by atoms with Crippen LogP contribution in [0.15, 0.2) is 35.5 Å². The Bertz CT molecular complexity index is 1880. The van der Waals surface area contributed by atoms with E-state index in [1.807, 2.05) is 0 Å². The number of alkyl halides is 3. The summed E-state index contributed by atoms with van der Waals surface area (Å²) in [6.45, 7) is 2.04. The molecule has 3 aromatic rings. The summed E-state index contributed by atoms with van der Waals surface area (Å²) < 4.78 is 59.4. The summed E-state index contributed by atoms with van der Waals surface area (Å²) >= 11 is 6.62. The van der Waals surface area contributed by atoms with Gasteiger partial charge in [-0.2, -0.15) is 0 Å². The van der Waals surface area contributed by atoms with Gasteiger partial charge in [0.2, 0.25) is 17.7 Å². The number of aliphatic imine (C=N–C) groups is 1. The molecule has 1 aromatic carbocycles. The van der Waals surface area contributed by atoms with Crippen LogP contribution in [0.25, 0.3) is 11.3 Å². The fourth-order valence-electron chi connectivity index (χ4n) is 6.03. The Morgan fingerprint density at radius 1 is 1.30 bits per heavy atom. The van der Waals surface area contributed by atoms with Gasteiger partial charge in [0.05, 0.1) is 31.1 Å². The first-order valence-electron chi connectivity index (χ1n) is 15.9. The van der Waals surface area contributed by atoms with E-state index in [2.05, 4.69) is 20.3 Å². The summed E-state index contributed by atoms with van der Waals surface area (Å²) in [7, 11) is 1.37. The second-order valence-corrected chi connectivity index (χ2v) is 13.5. The number of primary amides is 1.